The van der Waals surface area contributed by atoms with Gasteiger partial charge in [-0.3, -0.25) is 0 Å². The largest absolute Gasteiger partial charge is 0.392 e. The van der Waals surface area contributed by atoms with E-state index in [1.54, 1.807) is 13.8 Å². The van der Waals surface area contributed by atoms with Crippen molar-refractivity contribution in [3.63, 3.8) is 0 Å². The lowest BCUT2D eigenvalue weighted by atomic mass is 10.3. The molecular formula is C7H17NO3S. The Balaban J connectivity index is 3.68. The predicted octanol–water partition coefficient (Wildman–Crippen LogP) is -0.610. The summed E-state index contributed by atoms with van der Waals surface area (Å²) in [7, 11) is -2.92. The molecule has 0 aliphatic rings. The molecule has 4 nitrogen and oxygen atoms in total. The summed E-state index contributed by atoms with van der Waals surface area (Å²) in [6, 6.07) is -0.102. The van der Waals surface area contributed by atoms with E-state index >= 15 is 0 Å². The second-order valence-corrected chi connectivity index (χ2v) is 5.44. The monoisotopic (exact) mass is 195 g/mol. The molecule has 2 atom stereocenters. The predicted molar refractivity (Wildman–Crippen MR) is 48.9 cm³/mol. The van der Waals surface area contributed by atoms with Gasteiger partial charge in [-0.15, -0.1) is 0 Å². The van der Waals surface area contributed by atoms with E-state index < -0.39 is 15.9 Å². The maximum absolute atomic E-state index is 10.8. The zero-order chi connectivity index (χ0) is 9.78. The number of sulfone groups is 1. The van der Waals surface area contributed by atoms with Crippen LogP contribution in [0.5, 0.6) is 0 Å². The number of rotatable bonds is 5. The number of hydrogen-bond acceptors (Lipinski definition) is 4. The van der Waals surface area contributed by atoms with E-state index in [-0.39, 0.29) is 11.8 Å². The summed E-state index contributed by atoms with van der Waals surface area (Å²) in [5, 5.41) is 11.8. The molecule has 1 unspecified atom stereocenters. The van der Waals surface area contributed by atoms with Gasteiger partial charge in [-0.2, -0.15) is 0 Å². The molecule has 0 saturated heterocycles. The fraction of sp³-hybridized carbons (Fsp3) is 1.00. The van der Waals surface area contributed by atoms with Crippen LogP contribution >= 0.6 is 0 Å². The molecule has 0 aliphatic heterocycles. The Hall–Kier alpha value is -0.130. The molecule has 12 heavy (non-hydrogen) atoms. The molecule has 0 rings (SSSR count). The van der Waals surface area contributed by atoms with Crippen LogP contribution < -0.4 is 5.32 Å². The first-order valence-corrected chi connectivity index (χ1v) is 5.96. The maximum Gasteiger partial charge on any atom is 0.148 e. The Labute approximate surface area is 73.9 Å². The molecule has 0 aromatic carbocycles. The normalized spacial score (nSPS) is 17.3. The van der Waals surface area contributed by atoms with Crippen LogP contribution in [0.25, 0.3) is 0 Å². The summed E-state index contributed by atoms with van der Waals surface area (Å²) in [6.07, 6.45) is 0.764. The van der Waals surface area contributed by atoms with E-state index in [0.29, 0.717) is 6.54 Å². The van der Waals surface area contributed by atoms with Gasteiger partial charge in [0.25, 0.3) is 0 Å². The molecule has 0 radical (unpaired) electrons. The van der Waals surface area contributed by atoms with Gasteiger partial charge in [-0.25, -0.2) is 8.42 Å². The summed E-state index contributed by atoms with van der Waals surface area (Å²) in [6.45, 7) is 3.86. The highest BCUT2D eigenvalue weighted by molar-refractivity contribution is 7.90. The molecule has 0 spiro atoms. The van der Waals surface area contributed by atoms with Crippen LogP contribution in [0.15, 0.2) is 0 Å². The Bertz CT molecular complexity index is 211. The maximum atomic E-state index is 10.8. The van der Waals surface area contributed by atoms with Crippen molar-refractivity contribution in [3.05, 3.63) is 0 Å². The first-order chi connectivity index (χ1) is 5.31. The fourth-order valence-corrected chi connectivity index (χ4v) is 1.91. The third-order valence-electron chi connectivity index (χ3n) is 1.31. The summed E-state index contributed by atoms with van der Waals surface area (Å²) in [5.74, 6) is 0.111. The van der Waals surface area contributed by atoms with Gasteiger partial charge in [0, 0.05) is 18.8 Å². The molecule has 0 bridgehead atoms. The minimum Gasteiger partial charge on any atom is -0.392 e. The number of aliphatic hydroxyl groups is 1. The first kappa shape index (κ1) is 11.9. The molecule has 2 N–H and O–H groups in total. The summed E-state index contributed by atoms with van der Waals surface area (Å²) in [4.78, 5) is 0. The van der Waals surface area contributed by atoms with Gasteiger partial charge in [0.2, 0.25) is 0 Å². The minimum atomic E-state index is -2.92. The molecule has 0 amide bonds. The molecule has 0 aliphatic carbocycles. The van der Waals surface area contributed by atoms with Crippen LogP contribution in [0.3, 0.4) is 0 Å². The van der Waals surface area contributed by atoms with Gasteiger partial charge in [0.1, 0.15) is 9.84 Å². The number of nitrogens with one attached hydrogen (secondary N) is 1. The Morgan fingerprint density at radius 2 is 1.92 bits per heavy atom. The lowest BCUT2D eigenvalue weighted by Crippen LogP contribution is -2.36. The summed E-state index contributed by atoms with van der Waals surface area (Å²) < 4.78 is 21.6. The van der Waals surface area contributed by atoms with Gasteiger partial charge in [0.05, 0.1) is 11.9 Å². The van der Waals surface area contributed by atoms with Crippen molar-refractivity contribution in [2.24, 2.45) is 0 Å². The van der Waals surface area contributed by atoms with E-state index in [9.17, 15) is 8.42 Å². The van der Waals surface area contributed by atoms with Crippen molar-refractivity contribution in [2.75, 3.05) is 18.6 Å². The molecule has 0 saturated carbocycles. The van der Waals surface area contributed by atoms with Crippen molar-refractivity contribution >= 4 is 9.84 Å². The van der Waals surface area contributed by atoms with Crippen molar-refractivity contribution in [1.29, 1.82) is 0 Å². The highest BCUT2D eigenvalue weighted by atomic mass is 32.2. The Morgan fingerprint density at radius 1 is 1.42 bits per heavy atom. The average Bonchev–Trinajstić information content (AvgIpc) is 1.79. The SMILES string of the molecule is CC(CS(C)(=O)=O)NC[C@@H](C)O. The molecule has 0 aromatic heterocycles. The van der Waals surface area contributed by atoms with Gasteiger partial charge in [-0.05, 0) is 13.8 Å². The summed E-state index contributed by atoms with van der Waals surface area (Å²) >= 11 is 0. The second-order valence-electron chi connectivity index (χ2n) is 3.25. The van der Waals surface area contributed by atoms with Crippen LogP contribution in [0.2, 0.25) is 0 Å². The smallest absolute Gasteiger partial charge is 0.148 e. The molecule has 74 valence electrons. The summed E-state index contributed by atoms with van der Waals surface area (Å²) in [5.41, 5.74) is 0. The van der Waals surface area contributed by atoms with Crippen molar-refractivity contribution in [2.45, 2.75) is 26.0 Å². The van der Waals surface area contributed by atoms with Gasteiger partial charge >= 0.3 is 0 Å². The molecule has 0 heterocycles. The molecule has 0 aromatic rings. The Kier molecular flexibility index (Phi) is 4.74. The lowest BCUT2D eigenvalue weighted by Gasteiger charge is -2.13. The van der Waals surface area contributed by atoms with Crippen LogP contribution in [0.1, 0.15) is 13.8 Å². The van der Waals surface area contributed by atoms with Crippen LogP contribution in [-0.4, -0.2) is 44.2 Å². The van der Waals surface area contributed by atoms with Gasteiger partial charge in [0.15, 0.2) is 0 Å². The van der Waals surface area contributed by atoms with Crippen molar-refractivity contribution in [1.82, 2.24) is 5.32 Å². The topological polar surface area (TPSA) is 66.4 Å². The highest BCUT2D eigenvalue weighted by Gasteiger charge is 2.09. The highest BCUT2D eigenvalue weighted by Crippen LogP contribution is 1.90. The van der Waals surface area contributed by atoms with E-state index in [1.165, 1.54) is 6.26 Å². The lowest BCUT2D eigenvalue weighted by molar-refractivity contribution is 0.188. The van der Waals surface area contributed by atoms with Crippen LogP contribution in [-0.2, 0) is 9.84 Å². The van der Waals surface area contributed by atoms with E-state index in [1.807, 2.05) is 0 Å². The van der Waals surface area contributed by atoms with Gasteiger partial charge in [-0.1, -0.05) is 0 Å². The van der Waals surface area contributed by atoms with E-state index in [0.717, 1.165) is 0 Å². The van der Waals surface area contributed by atoms with Crippen LogP contribution in [0, 0.1) is 0 Å². The fourth-order valence-electron chi connectivity index (χ4n) is 0.885. The van der Waals surface area contributed by atoms with Crippen molar-refractivity contribution in [3.8, 4) is 0 Å². The molecular weight excluding hydrogens is 178 g/mol. The molecule has 0 fully saturated rings. The van der Waals surface area contributed by atoms with Crippen LogP contribution in [0.4, 0.5) is 0 Å². The zero-order valence-electron chi connectivity index (χ0n) is 7.74. The third-order valence-corrected chi connectivity index (χ3v) is 2.42. The average molecular weight is 195 g/mol. The standard InChI is InChI=1S/C7H17NO3S/c1-6(5-12(3,10)11)8-4-7(2)9/h6-9H,4-5H2,1-3H3/t6?,7-/m1/s1. The van der Waals surface area contributed by atoms with Gasteiger partial charge < -0.3 is 10.4 Å². The van der Waals surface area contributed by atoms with E-state index in [4.69, 9.17) is 5.11 Å². The van der Waals surface area contributed by atoms with E-state index in [2.05, 4.69) is 5.32 Å². The zero-order valence-corrected chi connectivity index (χ0v) is 8.56. The third kappa shape index (κ3) is 7.97. The number of aliphatic hydroxyl groups excluding tert-OH is 1. The Morgan fingerprint density at radius 3 is 2.25 bits per heavy atom. The minimum absolute atomic E-state index is 0.102. The van der Waals surface area contributed by atoms with Crippen molar-refractivity contribution < 1.29 is 13.5 Å². The number of hydrogen-bond donors (Lipinski definition) is 2. The second kappa shape index (κ2) is 4.79. The first-order valence-electron chi connectivity index (χ1n) is 3.90. The quantitative estimate of drug-likeness (QED) is 0.614. The molecule has 5 heteroatoms.